The third-order valence-corrected chi connectivity index (χ3v) is 8.62. The van der Waals surface area contributed by atoms with E-state index in [-0.39, 0.29) is 19.4 Å². The van der Waals surface area contributed by atoms with E-state index in [4.69, 9.17) is 15.5 Å². The molecule has 4 aromatic rings. The highest BCUT2D eigenvalue weighted by atomic mass is 16.6. The second-order valence-electron chi connectivity index (χ2n) is 13.7. The number of nitrogens with two attached hydrogens (primary N) is 1. The highest BCUT2D eigenvalue weighted by Crippen LogP contribution is 2.40. The van der Waals surface area contributed by atoms with E-state index < -0.39 is 53.1 Å². The van der Waals surface area contributed by atoms with Crippen molar-refractivity contribution in [2.24, 2.45) is 5.73 Å². The summed E-state index contributed by atoms with van der Waals surface area (Å²) >= 11 is 0. The molecule has 12 nitrogen and oxygen atoms in total. The number of ether oxygens (including phenoxy) is 1. The van der Waals surface area contributed by atoms with Crippen molar-refractivity contribution < 1.29 is 29.0 Å². The van der Waals surface area contributed by atoms with Crippen molar-refractivity contribution in [3.63, 3.8) is 0 Å². The Morgan fingerprint density at radius 1 is 0.808 bits per heavy atom. The largest absolute Gasteiger partial charge is 0.480 e. The Balaban J connectivity index is 1.59. The molecule has 0 aliphatic carbocycles. The summed E-state index contributed by atoms with van der Waals surface area (Å²) in [6.45, 7) is 7.32. The van der Waals surface area contributed by atoms with E-state index in [1.807, 2.05) is 65.4 Å². The third-order valence-electron chi connectivity index (χ3n) is 8.62. The summed E-state index contributed by atoms with van der Waals surface area (Å²) in [5.41, 5.74) is 7.99. The van der Waals surface area contributed by atoms with Gasteiger partial charge in [0.1, 0.15) is 23.2 Å². The van der Waals surface area contributed by atoms with E-state index in [9.17, 15) is 24.3 Å². The van der Waals surface area contributed by atoms with Gasteiger partial charge < -0.3 is 36.1 Å². The summed E-state index contributed by atoms with van der Waals surface area (Å²) in [7, 11) is 0. The van der Waals surface area contributed by atoms with Gasteiger partial charge in [-0.15, -0.1) is 0 Å². The van der Waals surface area contributed by atoms with Gasteiger partial charge in [-0.25, -0.2) is 14.6 Å². The van der Waals surface area contributed by atoms with Crippen LogP contribution in [0, 0.1) is 0 Å². The molecule has 0 fully saturated rings. The van der Waals surface area contributed by atoms with Crippen molar-refractivity contribution in [3.05, 3.63) is 126 Å². The van der Waals surface area contributed by atoms with Crippen LogP contribution in [0.25, 0.3) is 0 Å². The Morgan fingerprint density at radius 2 is 1.33 bits per heavy atom. The van der Waals surface area contributed by atoms with Crippen LogP contribution in [0.1, 0.15) is 75.8 Å². The number of carbonyl (C=O) groups is 4. The Bertz CT molecular complexity index is 1660. The first-order valence-electron chi connectivity index (χ1n) is 17.6. The number of aliphatic carboxylic acids is 1. The molecule has 0 aliphatic heterocycles. The molecular formula is C40H50N6O6. The van der Waals surface area contributed by atoms with Gasteiger partial charge in [-0.3, -0.25) is 9.59 Å². The van der Waals surface area contributed by atoms with Crippen LogP contribution in [-0.2, 0) is 31.1 Å². The number of aromatic nitrogens is 2. The smallest absolute Gasteiger partial charge is 0.407 e. The van der Waals surface area contributed by atoms with E-state index in [2.05, 4.69) is 52.3 Å². The van der Waals surface area contributed by atoms with Gasteiger partial charge in [-0.2, -0.15) is 0 Å². The van der Waals surface area contributed by atoms with E-state index in [0.29, 0.717) is 25.0 Å². The lowest BCUT2D eigenvalue weighted by atomic mass is 9.77. The number of nitrogens with zero attached hydrogens (tertiary/aromatic N) is 2. The minimum absolute atomic E-state index is 0.0262. The van der Waals surface area contributed by atoms with Gasteiger partial charge in [0.2, 0.25) is 11.8 Å². The molecule has 0 spiro atoms. The standard InChI is InChI=1S/C40H50N6O6/c1-5-32(41)35(47)45-34(36(48)44-33(37(49)50)23-15-16-24-42-38(51)52-39(2,3)4)25-31-26-46(27-43-31)40(28-17-9-6-10-18-28,29-19-11-7-12-20-29)30-21-13-8-14-22-30/h6-14,17-22,26-27,32-34H,5,15-16,23-25,41H2,1-4H3,(H,42,51)(H,44,48)(H,45,47)(H,49,50). The summed E-state index contributed by atoms with van der Waals surface area (Å²) in [5.74, 6) is -2.42. The maximum Gasteiger partial charge on any atom is 0.407 e. The second-order valence-corrected chi connectivity index (χ2v) is 13.7. The molecule has 6 N–H and O–H groups in total. The van der Waals surface area contributed by atoms with Crippen LogP contribution in [0.2, 0.25) is 0 Å². The predicted molar refractivity (Wildman–Crippen MR) is 198 cm³/mol. The molecule has 0 saturated carbocycles. The maximum atomic E-state index is 13.7. The van der Waals surface area contributed by atoms with Crippen LogP contribution in [0.4, 0.5) is 4.79 Å². The van der Waals surface area contributed by atoms with Crippen LogP contribution in [-0.4, -0.2) is 68.8 Å². The first-order chi connectivity index (χ1) is 24.8. The lowest BCUT2D eigenvalue weighted by Crippen LogP contribution is -2.55. The van der Waals surface area contributed by atoms with E-state index >= 15 is 0 Å². The van der Waals surface area contributed by atoms with Gasteiger partial charge in [0.05, 0.1) is 18.1 Å². The molecule has 3 unspecified atom stereocenters. The number of hydrogen-bond donors (Lipinski definition) is 5. The average Bonchev–Trinajstić information content (AvgIpc) is 3.59. The highest BCUT2D eigenvalue weighted by molar-refractivity contribution is 5.91. The Labute approximate surface area is 305 Å². The van der Waals surface area contributed by atoms with Gasteiger partial charge in [0.15, 0.2) is 0 Å². The predicted octanol–water partition coefficient (Wildman–Crippen LogP) is 4.75. The van der Waals surface area contributed by atoms with Crippen molar-refractivity contribution in [1.29, 1.82) is 0 Å². The molecule has 3 amide bonds. The summed E-state index contributed by atoms with van der Waals surface area (Å²) in [4.78, 5) is 55.6. The zero-order valence-electron chi connectivity index (χ0n) is 30.2. The molecule has 12 heteroatoms. The van der Waals surface area contributed by atoms with Crippen LogP contribution < -0.4 is 21.7 Å². The quantitative estimate of drug-likeness (QED) is 0.0770. The first kappa shape index (κ1) is 39.3. The number of unbranched alkanes of at least 4 members (excludes halogenated alkanes) is 1. The van der Waals surface area contributed by atoms with Gasteiger partial charge >= 0.3 is 12.1 Å². The fourth-order valence-electron chi connectivity index (χ4n) is 6.03. The summed E-state index contributed by atoms with van der Waals surface area (Å²) in [6, 6.07) is 26.9. The molecule has 1 aromatic heterocycles. The normalized spacial score (nSPS) is 13.3. The molecule has 3 atom stereocenters. The summed E-state index contributed by atoms with van der Waals surface area (Å²) in [5, 5.41) is 17.9. The number of carbonyl (C=O) groups excluding carboxylic acids is 3. The number of amides is 3. The van der Waals surface area contributed by atoms with Crippen LogP contribution in [0.5, 0.6) is 0 Å². The number of hydrogen-bond acceptors (Lipinski definition) is 7. The van der Waals surface area contributed by atoms with Gasteiger partial charge in [0.25, 0.3) is 0 Å². The van der Waals surface area contributed by atoms with E-state index in [1.54, 1.807) is 34.0 Å². The molecule has 52 heavy (non-hydrogen) atoms. The lowest BCUT2D eigenvalue weighted by Gasteiger charge is -2.37. The molecule has 1 heterocycles. The molecule has 0 bridgehead atoms. The number of rotatable bonds is 17. The van der Waals surface area contributed by atoms with Crippen molar-refractivity contribution in [2.75, 3.05) is 6.54 Å². The number of imidazole rings is 1. The maximum absolute atomic E-state index is 13.7. The van der Waals surface area contributed by atoms with Crippen LogP contribution in [0.3, 0.4) is 0 Å². The fourth-order valence-corrected chi connectivity index (χ4v) is 6.03. The summed E-state index contributed by atoms with van der Waals surface area (Å²) in [6.07, 6.45) is 4.29. The number of carboxylic acids is 1. The fraction of sp³-hybridized carbons (Fsp3) is 0.375. The van der Waals surface area contributed by atoms with E-state index in [0.717, 1.165) is 16.7 Å². The van der Waals surface area contributed by atoms with Crippen LogP contribution >= 0.6 is 0 Å². The molecule has 0 aliphatic rings. The second kappa shape index (κ2) is 18.1. The number of alkyl carbamates (subject to hydrolysis) is 1. The van der Waals surface area contributed by atoms with E-state index in [1.165, 1.54) is 0 Å². The lowest BCUT2D eigenvalue weighted by molar-refractivity contribution is -0.142. The minimum Gasteiger partial charge on any atom is -0.480 e. The Hall–Kier alpha value is -5.49. The monoisotopic (exact) mass is 710 g/mol. The highest BCUT2D eigenvalue weighted by Gasteiger charge is 2.39. The first-order valence-corrected chi connectivity index (χ1v) is 17.6. The van der Waals surface area contributed by atoms with Gasteiger partial charge in [0, 0.05) is 19.2 Å². The van der Waals surface area contributed by atoms with Crippen molar-refractivity contribution >= 4 is 23.9 Å². The minimum atomic E-state index is -1.23. The number of benzene rings is 3. The zero-order valence-corrected chi connectivity index (χ0v) is 30.2. The van der Waals surface area contributed by atoms with Crippen molar-refractivity contribution in [3.8, 4) is 0 Å². The molecule has 4 rings (SSSR count). The van der Waals surface area contributed by atoms with Crippen molar-refractivity contribution in [1.82, 2.24) is 25.5 Å². The molecule has 3 aromatic carbocycles. The molecule has 0 saturated heterocycles. The van der Waals surface area contributed by atoms with Gasteiger partial charge in [-0.05, 0) is 63.1 Å². The number of nitrogens with one attached hydrogen (secondary N) is 3. The SMILES string of the molecule is CCC(N)C(=O)NC(Cc1cn(C(c2ccccc2)(c2ccccc2)c2ccccc2)cn1)C(=O)NC(CCCCNC(=O)OC(C)(C)C)C(=O)O. The average molecular weight is 711 g/mol. The summed E-state index contributed by atoms with van der Waals surface area (Å²) < 4.78 is 7.23. The Morgan fingerprint density at radius 3 is 1.81 bits per heavy atom. The van der Waals surface area contributed by atoms with Crippen molar-refractivity contribution in [2.45, 2.75) is 89.1 Å². The number of carboxylic acid groups (broad SMARTS) is 1. The Kier molecular flexibility index (Phi) is 13.7. The van der Waals surface area contributed by atoms with Crippen LogP contribution in [0.15, 0.2) is 104 Å². The van der Waals surface area contributed by atoms with Gasteiger partial charge in [-0.1, -0.05) is 97.9 Å². The molecule has 276 valence electrons. The zero-order chi connectivity index (χ0) is 37.7. The molecule has 0 radical (unpaired) electrons. The topological polar surface area (TPSA) is 178 Å². The third kappa shape index (κ3) is 10.3. The molecular weight excluding hydrogens is 660 g/mol.